The molecule has 1 atom stereocenters. The standard InChI is InChI=1S/C25H27N3O3/c1-15-16(2)27-23-13-21(10-11-22(23)26-15)25(30)31-14-24(29)28-17(3)19-9-8-18-6-4-5-7-20(18)12-19/h8-13,17H,4-7,14H2,1-3H3,(H,28,29)/t17-/m1/s1. The molecule has 31 heavy (non-hydrogen) atoms. The molecule has 160 valence electrons. The smallest absolute Gasteiger partial charge is 0.338 e. The van der Waals surface area contributed by atoms with Gasteiger partial charge < -0.3 is 10.1 Å². The van der Waals surface area contributed by atoms with Crippen LogP contribution in [0.3, 0.4) is 0 Å². The zero-order valence-corrected chi connectivity index (χ0v) is 18.2. The second kappa shape index (κ2) is 8.84. The van der Waals surface area contributed by atoms with Crippen molar-refractivity contribution in [1.29, 1.82) is 0 Å². The number of hydrogen-bond donors (Lipinski definition) is 1. The molecule has 6 nitrogen and oxygen atoms in total. The molecule has 0 spiro atoms. The van der Waals surface area contributed by atoms with Crippen LogP contribution >= 0.6 is 0 Å². The number of aryl methyl sites for hydroxylation is 4. The number of hydrogen-bond acceptors (Lipinski definition) is 5. The summed E-state index contributed by atoms with van der Waals surface area (Å²) in [6, 6.07) is 11.3. The van der Waals surface area contributed by atoms with Crippen LogP contribution in [0.25, 0.3) is 11.0 Å². The monoisotopic (exact) mass is 417 g/mol. The lowest BCUT2D eigenvalue weighted by molar-refractivity contribution is -0.124. The molecule has 1 heterocycles. The molecule has 1 amide bonds. The molecule has 0 unspecified atom stereocenters. The third-order valence-corrected chi connectivity index (χ3v) is 5.90. The fourth-order valence-corrected chi connectivity index (χ4v) is 3.96. The molecular formula is C25H27N3O3. The van der Waals surface area contributed by atoms with Crippen molar-refractivity contribution in [3.05, 3.63) is 70.0 Å². The Morgan fingerprint density at radius 2 is 1.68 bits per heavy atom. The lowest BCUT2D eigenvalue weighted by Gasteiger charge is -2.20. The molecule has 6 heteroatoms. The number of benzene rings is 2. The summed E-state index contributed by atoms with van der Waals surface area (Å²) in [5.74, 6) is -0.885. The minimum atomic E-state index is -0.557. The van der Waals surface area contributed by atoms with Crippen molar-refractivity contribution in [2.75, 3.05) is 6.61 Å². The van der Waals surface area contributed by atoms with E-state index in [0.29, 0.717) is 11.1 Å². The van der Waals surface area contributed by atoms with Gasteiger partial charge in [-0.25, -0.2) is 14.8 Å². The molecule has 1 aliphatic rings. The maximum atomic E-state index is 12.4. The molecule has 0 aliphatic heterocycles. The first kappa shape index (κ1) is 21.0. The number of amides is 1. The lowest BCUT2D eigenvalue weighted by Crippen LogP contribution is -2.31. The van der Waals surface area contributed by atoms with Gasteiger partial charge in [0.25, 0.3) is 5.91 Å². The van der Waals surface area contributed by atoms with E-state index in [1.807, 2.05) is 20.8 Å². The molecule has 0 radical (unpaired) electrons. The van der Waals surface area contributed by atoms with Crippen LogP contribution in [0.4, 0.5) is 0 Å². The summed E-state index contributed by atoms with van der Waals surface area (Å²) in [6.07, 6.45) is 4.68. The number of fused-ring (bicyclic) bond motifs is 2. The van der Waals surface area contributed by atoms with Gasteiger partial charge in [-0.2, -0.15) is 0 Å². The first-order valence-corrected chi connectivity index (χ1v) is 10.7. The number of ether oxygens (including phenoxy) is 1. The van der Waals surface area contributed by atoms with Gasteiger partial charge in [0.15, 0.2) is 6.61 Å². The summed E-state index contributed by atoms with van der Waals surface area (Å²) in [5, 5.41) is 2.91. The molecule has 1 aliphatic carbocycles. The molecule has 0 saturated heterocycles. The second-order valence-electron chi connectivity index (χ2n) is 8.20. The number of carbonyl (C=O) groups is 2. The number of rotatable bonds is 5. The Morgan fingerprint density at radius 3 is 2.45 bits per heavy atom. The maximum Gasteiger partial charge on any atom is 0.338 e. The van der Waals surface area contributed by atoms with E-state index in [9.17, 15) is 9.59 Å². The van der Waals surface area contributed by atoms with Gasteiger partial charge in [0.05, 0.1) is 34.0 Å². The zero-order valence-electron chi connectivity index (χ0n) is 18.2. The highest BCUT2D eigenvalue weighted by Crippen LogP contribution is 2.24. The summed E-state index contributed by atoms with van der Waals surface area (Å²) >= 11 is 0. The quantitative estimate of drug-likeness (QED) is 0.631. The van der Waals surface area contributed by atoms with Gasteiger partial charge in [0, 0.05) is 0 Å². The van der Waals surface area contributed by atoms with E-state index in [1.165, 1.54) is 24.0 Å². The number of nitrogens with zero attached hydrogens (tertiary/aromatic N) is 2. The second-order valence-corrected chi connectivity index (χ2v) is 8.20. The number of aromatic nitrogens is 2. The zero-order chi connectivity index (χ0) is 22.0. The van der Waals surface area contributed by atoms with Gasteiger partial charge in [0.2, 0.25) is 0 Å². The Labute approximate surface area is 182 Å². The first-order chi connectivity index (χ1) is 14.9. The molecule has 4 rings (SSSR count). The van der Waals surface area contributed by atoms with Crippen LogP contribution in [-0.2, 0) is 22.4 Å². The van der Waals surface area contributed by atoms with E-state index in [1.54, 1.807) is 18.2 Å². The highest BCUT2D eigenvalue weighted by atomic mass is 16.5. The topological polar surface area (TPSA) is 81.2 Å². The van der Waals surface area contributed by atoms with Crippen LogP contribution in [0, 0.1) is 13.8 Å². The van der Waals surface area contributed by atoms with Crippen molar-refractivity contribution in [3.8, 4) is 0 Å². The Balaban J connectivity index is 1.35. The van der Waals surface area contributed by atoms with Gasteiger partial charge in [0.1, 0.15) is 0 Å². The van der Waals surface area contributed by atoms with Crippen molar-refractivity contribution in [1.82, 2.24) is 15.3 Å². The number of esters is 1. The van der Waals surface area contributed by atoms with Crippen molar-refractivity contribution >= 4 is 22.9 Å². The average Bonchev–Trinajstić information content (AvgIpc) is 2.77. The third-order valence-electron chi connectivity index (χ3n) is 5.90. The van der Waals surface area contributed by atoms with Crippen molar-refractivity contribution in [3.63, 3.8) is 0 Å². The predicted molar refractivity (Wildman–Crippen MR) is 119 cm³/mol. The Kier molecular flexibility index (Phi) is 5.98. The summed E-state index contributed by atoms with van der Waals surface area (Å²) in [7, 11) is 0. The summed E-state index contributed by atoms with van der Waals surface area (Å²) in [4.78, 5) is 33.7. The third kappa shape index (κ3) is 4.74. The highest BCUT2D eigenvalue weighted by Gasteiger charge is 2.16. The summed E-state index contributed by atoms with van der Waals surface area (Å²) < 4.78 is 5.22. The van der Waals surface area contributed by atoms with Crippen LogP contribution in [0.5, 0.6) is 0 Å². The molecule has 0 bridgehead atoms. The number of nitrogens with one attached hydrogen (secondary N) is 1. The average molecular weight is 418 g/mol. The predicted octanol–water partition coefficient (Wildman–Crippen LogP) is 4.16. The minimum absolute atomic E-state index is 0.152. The molecule has 1 N–H and O–H groups in total. The van der Waals surface area contributed by atoms with E-state index >= 15 is 0 Å². The summed E-state index contributed by atoms with van der Waals surface area (Å²) in [5.41, 5.74) is 7.22. The van der Waals surface area contributed by atoms with Crippen LogP contribution in [-0.4, -0.2) is 28.5 Å². The maximum absolute atomic E-state index is 12.4. The molecule has 0 fully saturated rings. The van der Waals surface area contributed by atoms with Crippen molar-refractivity contribution < 1.29 is 14.3 Å². The fourth-order valence-electron chi connectivity index (χ4n) is 3.96. The van der Waals surface area contributed by atoms with Crippen LogP contribution in [0.2, 0.25) is 0 Å². The Bertz CT molecular complexity index is 1160. The van der Waals surface area contributed by atoms with Gasteiger partial charge >= 0.3 is 5.97 Å². The van der Waals surface area contributed by atoms with Crippen LogP contribution in [0.15, 0.2) is 36.4 Å². The van der Waals surface area contributed by atoms with E-state index in [4.69, 9.17) is 4.74 Å². The van der Waals surface area contributed by atoms with Crippen molar-refractivity contribution in [2.24, 2.45) is 0 Å². The van der Waals surface area contributed by atoms with Crippen molar-refractivity contribution in [2.45, 2.75) is 52.5 Å². The van der Waals surface area contributed by atoms with Crippen LogP contribution < -0.4 is 5.32 Å². The molecule has 3 aromatic rings. The largest absolute Gasteiger partial charge is 0.452 e. The fraction of sp³-hybridized carbons (Fsp3) is 0.360. The molecule has 2 aromatic carbocycles. The van der Waals surface area contributed by atoms with Crippen LogP contribution in [0.1, 0.15) is 64.2 Å². The van der Waals surface area contributed by atoms with E-state index in [2.05, 4.69) is 33.5 Å². The number of carbonyl (C=O) groups excluding carboxylic acids is 2. The molecular weight excluding hydrogens is 390 g/mol. The normalized spacial score (nSPS) is 14.0. The molecule has 1 aromatic heterocycles. The summed E-state index contributed by atoms with van der Waals surface area (Å²) in [6.45, 7) is 5.38. The van der Waals surface area contributed by atoms with Gasteiger partial charge in [-0.05, 0) is 81.3 Å². The van der Waals surface area contributed by atoms with Gasteiger partial charge in [-0.15, -0.1) is 0 Å². The first-order valence-electron chi connectivity index (χ1n) is 10.7. The molecule has 0 saturated carbocycles. The van der Waals surface area contributed by atoms with E-state index in [0.717, 1.165) is 35.3 Å². The highest BCUT2D eigenvalue weighted by molar-refractivity contribution is 5.94. The Morgan fingerprint density at radius 1 is 0.968 bits per heavy atom. The minimum Gasteiger partial charge on any atom is -0.452 e. The Hall–Kier alpha value is -3.28. The lowest BCUT2D eigenvalue weighted by atomic mass is 9.89. The van der Waals surface area contributed by atoms with E-state index in [-0.39, 0.29) is 18.6 Å². The SMILES string of the molecule is Cc1nc2ccc(C(=O)OCC(=O)N[C@H](C)c3ccc4c(c3)CCCC4)cc2nc1C. The van der Waals surface area contributed by atoms with Gasteiger partial charge in [-0.3, -0.25) is 4.79 Å². The van der Waals surface area contributed by atoms with Gasteiger partial charge in [-0.1, -0.05) is 18.2 Å². The van der Waals surface area contributed by atoms with E-state index < -0.39 is 5.97 Å².